The number of fused-ring (bicyclic) bond motifs is 1. The van der Waals surface area contributed by atoms with Gasteiger partial charge in [-0.1, -0.05) is 37.3 Å². The normalized spacial score (nSPS) is 24.3. The van der Waals surface area contributed by atoms with Crippen LogP contribution in [0.2, 0.25) is 0 Å². The van der Waals surface area contributed by atoms with Crippen molar-refractivity contribution in [1.29, 1.82) is 0 Å². The summed E-state index contributed by atoms with van der Waals surface area (Å²) in [6.45, 7) is 4.84. The molecule has 7 heteroatoms. The van der Waals surface area contributed by atoms with Crippen LogP contribution in [0.15, 0.2) is 48.4 Å². The van der Waals surface area contributed by atoms with Crippen molar-refractivity contribution in [3.63, 3.8) is 0 Å². The number of nitrogens with one attached hydrogen (secondary N) is 4. The zero-order chi connectivity index (χ0) is 23.6. The Morgan fingerprint density at radius 3 is 2.46 bits per heavy atom. The van der Waals surface area contributed by atoms with Gasteiger partial charge in [0.25, 0.3) is 0 Å². The fourth-order valence-electron chi connectivity index (χ4n) is 5.36. The number of aromatic amines is 2. The molecule has 3 aliphatic rings. The predicted molar refractivity (Wildman–Crippen MR) is 137 cm³/mol. The van der Waals surface area contributed by atoms with E-state index in [9.17, 15) is 0 Å². The number of aromatic nitrogens is 4. The van der Waals surface area contributed by atoms with Gasteiger partial charge in [0.2, 0.25) is 0 Å². The minimum atomic E-state index is 0.329. The van der Waals surface area contributed by atoms with Gasteiger partial charge in [-0.3, -0.25) is 0 Å². The highest BCUT2D eigenvalue weighted by atomic mass is 16.5. The monoisotopic (exact) mass is 470 g/mol. The molecule has 2 saturated heterocycles. The van der Waals surface area contributed by atoms with Crippen LogP contribution in [0.5, 0.6) is 0 Å². The molecule has 2 aromatic heterocycles. The molecule has 4 N–H and O–H groups in total. The molecule has 6 rings (SSSR count). The summed E-state index contributed by atoms with van der Waals surface area (Å²) in [6.07, 6.45) is 12.8. The van der Waals surface area contributed by atoms with Crippen LogP contribution < -0.4 is 10.6 Å². The quantitative estimate of drug-likeness (QED) is 0.402. The molecule has 2 fully saturated rings. The summed E-state index contributed by atoms with van der Waals surface area (Å²) in [5, 5.41) is 7.04. The Labute approximate surface area is 206 Å². The maximum atomic E-state index is 6.19. The topological polar surface area (TPSA) is 90.6 Å². The van der Waals surface area contributed by atoms with Crippen molar-refractivity contribution in [3.05, 3.63) is 77.0 Å². The number of ether oxygens (including phenoxy) is 1. The number of benzene rings is 1. The third-order valence-electron chi connectivity index (χ3n) is 7.26. The van der Waals surface area contributed by atoms with Gasteiger partial charge in [0.1, 0.15) is 24.0 Å². The highest BCUT2D eigenvalue weighted by molar-refractivity contribution is 5.77. The summed E-state index contributed by atoms with van der Waals surface area (Å²) in [6, 6.07) is 9.41. The fourth-order valence-corrected chi connectivity index (χ4v) is 5.36. The van der Waals surface area contributed by atoms with Crippen molar-refractivity contribution in [2.75, 3.05) is 13.1 Å². The standard InChI is InChI=1S/C28H34N6O/c1-2-5-20-25(35-17-24-26(20)34-28(33-24)22-7-4-15-30-22)13-10-18-8-11-19(12-9-18)23-16-31-27(32-23)21-6-3-14-29-21/h5,8-9,11-13,16,21-22,29-30H,2-4,6-7,10,14-15,17H2,1H3,(H,31,32)(H,33,34)/b20-5+,25-13+/t21-,22-/m0/s1. The molecular formula is C28H34N6O. The predicted octanol–water partition coefficient (Wildman–Crippen LogP) is 5.10. The van der Waals surface area contributed by atoms with Crippen LogP contribution in [-0.4, -0.2) is 33.0 Å². The molecule has 182 valence electrons. The van der Waals surface area contributed by atoms with E-state index in [1.165, 1.54) is 18.4 Å². The number of hydrogen-bond acceptors (Lipinski definition) is 5. The van der Waals surface area contributed by atoms with Crippen molar-refractivity contribution in [2.45, 2.75) is 64.1 Å². The maximum Gasteiger partial charge on any atom is 0.130 e. The Kier molecular flexibility index (Phi) is 6.27. The molecule has 0 saturated carbocycles. The molecule has 35 heavy (non-hydrogen) atoms. The first-order chi connectivity index (χ1) is 17.3. The Morgan fingerprint density at radius 2 is 1.74 bits per heavy atom. The average Bonchev–Trinajstić information content (AvgIpc) is 3.70. The van der Waals surface area contributed by atoms with Gasteiger partial charge in [-0.05, 0) is 68.8 Å². The number of imidazole rings is 2. The van der Waals surface area contributed by atoms with Crippen LogP contribution >= 0.6 is 0 Å². The van der Waals surface area contributed by atoms with E-state index in [2.05, 4.69) is 68.9 Å². The first-order valence-corrected chi connectivity index (χ1v) is 13.0. The van der Waals surface area contributed by atoms with E-state index in [-0.39, 0.29) is 0 Å². The molecule has 5 heterocycles. The van der Waals surface area contributed by atoms with Gasteiger partial charge in [-0.15, -0.1) is 0 Å². The molecule has 0 amide bonds. The first kappa shape index (κ1) is 22.3. The molecule has 0 radical (unpaired) electrons. The van der Waals surface area contributed by atoms with Crippen LogP contribution in [0.3, 0.4) is 0 Å². The summed E-state index contributed by atoms with van der Waals surface area (Å²) in [7, 11) is 0. The average molecular weight is 471 g/mol. The van der Waals surface area contributed by atoms with Crippen LogP contribution in [0.1, 0.15) is 79.7 Å². The van der Waals surface area contributed by atoms with E-state index < -0.39 is 0 Å². The lowest BCUT2D eigenvalue weighted by molar-refractivity contribution is 0.203. The Bertz CT molecular complexity index is 1220. The van der Waals surface area contributed by atoms with E-state index in [0.717, 1.165) is 84.4 Å². The van der Waals surface area contributed by atoms with E-state index in [0.29, 0.717) is 18.7 Å². The molecule has 0 unspecified atom stereocenters. The summed E-state index contributed by atoms with van der Waals surface area (Å²) >= 11 is 0. The van der Waals surface area contributed by atoms with Crippen molar-refractivity contribution in [3.8, 4) is 11.3 Å². The minimum absolute atomic E-state index is 0.329. The number of allylic oxidation sites excluding steroid dienone is 3. The summed E-state index contributed by atoms with van der Waals surface area (Å²) in [4.78, 5) is 16.6. The number of nitrogens with zero attached hydrogens (tertiary/aromatic N) is 2. The third-order valence-corrected chi connectivity index (χ3v) is 7.26. The van der Waals surface area contributed by atoms with Gasteiger partial charge < -0.3 is 25.3 Å². The lowest BCUT2D eigenvalue weighted by Crippen LogP contribution is -2.14. The largest absolute Gasteiger partial charge is 0.487 e. The van der Waals surface area contributed by atoms with E-state index in [1.807, 2.05) is 6.20 Å². The van der Waals surface area contributed by atoms with Crippen molar-refractivity contribution >= 4 is 5.57 Å². The van der Waals surface area contributed by atoms with Gasteiger partial charge >= 0.3 is 0 Å². The number of hydrogen-bond donors (Lipinski definition) is 4. The highest BCUT2D eigenvalue weighted by Crippen LogP contribution is 2.34. The molecule has 3 aromatic rings. The van der Waals surface area contributed by atoms with Crippen LogP contribution in [-0.2, 0) is 17.8 Å². The molecular weight excluding hydrogens is 436 g/mol. The molecule has 1 aromatic carbocycles. The number of H-pyrrole nitrogens is 2. The second-order valence-corrected chi connectivity index (χ2v) is 9.71. The Hall–Kier alpha value is -3.16. The summed E-state index contributed by atoms with van der Waals surface area (Å²) < 4.78 is 6.19. The van der Waals surface area contributed by atoms with Crippen molar-refractivity contribution in [1.82, 2.24) is 30.6 Å². The van der Waals surface area contributed by atoms with Gasteiger partial charge in [0, 0.05) is 5.57 Å². The van der Waals surface area contributed by atoms with Gasteiger partial charge in [0.15, 0.2) is 0 Å². The second-order valence-electron chi connectivity index (χ2n) is 9.71. The second kappa shape index (κ2) is 9.84. The first-order valence-electron chi connectivity index (χ1n) is 13.0. The molecule has 0 spiro atoms. The Balaban J connectivity index is 1.17. The van der Waals surface area contributed by atoms with Gasteiger partial charge in [-0.2, -0.15) is 0 Å². The van der Waals surface area contributed by atoms with E-state index in [1.54, 1.807) is 0 Å². The van der Waals surface area contributed by atoms with Crippen LogP contribution in [0.4, 0.5) is 0 Å². The molecule has 3 aliphatic heterocycles. The van der Waals surface area contributed by atoms with Gasteiger partial charge in [-0.25, -0.2) is 9.97 Å². The molecule has 7 nitrogen and oxygen atoms in total. The SMILES string of the molecule is CC/C=C1\C(=C/Cc2ccc(-c3cnc([C@@H]4CCCN4)[nH]3)cc2)OCc2[nH]c([C@@H]3CCCN3)nc21. The van der Waals surface area contributed by atoms with Crippen molar-refractivity contribution in [2.24, 2.45) is 0 Å². The summed E-state index contributed by atoms with van der Waals surface area (Å²) in [5.74, 6) is 3.02. The highest BCUT2D eigenvalue weighted by Gasteiger charge is 2.27. The molecule has 0 aliphatic carbocycles. The lowest BCUT2D eigenvalue weighted by Gasteiger charge is -2.19. The van der Waals surface area contributed by atoms with E-state index >= 15 is 0 Å². The van der Waals surface area contributed by atoms with Gasteiger partial charge in [0.05, 0.1) is 35.4 Å². The minimum Gasteiger partial charge on any atom is -0.487 e. The van der Waals surface area contributed by atoms with Crippen LogP contribution in [0.25, 0.3) is 16.8 Å². The maximum absolute atomic E-state index is 6.19. The van der Waals surface area contributed by atoms with E-state index in [4.69, 9.17) is 9.72 Å². The fraction of sp³-hybridized carbons (Fsp3) is 0.429. The summed E-state index contributed by atoms with van der Waals surface area (Å²) in [5.41, 5.74) is 6.73. The van der Waals surface area contributed by atoms with Crippen LogP contribution in [0, 0.1) is 0 Å². The smallest absolute Gasteiger partial charge is 0.130 e. The Morgan fingerprint density at radius 1 is 0.971 bits per heavy atom. The lowest BCUT2D eigenvalue weighted by atomic mass is 10.0. The molecule has 2 atom stereocenters. The van der Waals surface area contributed by atoms with Crippen molar-refractivity contribution < 1.29 is 4.74 Å². The third kappa shape index (κ3) is 4.58. The molecule has 0 bridgehead atoms. The zero-order valence-corrected chi connectivity index (χ0v) is 20.4. The zero-order valence-electron chi connectivity index (χ0n) is 20.4. The number of rotatable bonds is 6.